The summed E-state index contributed by atoms with van der Waals surface area (Å²) in [6, 6.07) is 11.2. The molecule has 0 unspecified atom stereocenters. The Morgan fingerprint density at radius 2 is 2.04 bits per heavy atom. The number of carbonyl (C=O) groups is 1. The number of aromatic nitrogens is 4. The van der Waals surface area contributed by atoms with E-state index < -0.39 is 11.6 Å². The molecule has 2 aromatic carbocycles. The van der Waals surface area contributed by atoms with Crippen LogP contribution >= 0.6 is 0 Å². The predicted octanol–water partition coefficient (Wildman–Crippen LogP) is 3.35. The standard InChI is InChI=1S/C19H15F2N5O/c1-25-22-10-17(24-25)23-18(27)11-26-8-7-13-9-12(5-6-16(13)26)14-3-2-4-15(20)19(14)21/h2-10H,11H2,1H3,(H,23,24,27). The largest absolute Gasteiger partial charge is 0.338 e. The van der Waals surface area contributed by atoms with Crippen molar-refractivity contribution in [1.29, 1.82) is 0 Å². The van der Waals surface area contributed by atoms with Crippen molar-refractivity contribution in [2.45, 2.75) is 6.54 Å². The fourth-order valence-corrected chi connectivity index (χ4v) is 2.97. The average Bonchev–Trinajstić information content (AvgIpc) is 3.23. The number of carbonyl (C=O) groups excluding carboxylic acids is 1. The number of nitrogens with zero attached hydrogens (tertiary/aromatic N) is 4. The van der Waals surface area contributed by atoms with Crippen molar-refractivity contribution >= 4 is 22.6 Å². The Hall–Kier alpha value is -3.55. The van der Waals surface area contributed by atoms with E-state index in [0.717, 1.165) is 17.0 Å². The van der Waals surface area contributed by atoms with E-state index in [4.69, 9.17) is 0 Å². The van der Waals surface area contributed by atoms with Gasteiger partial charge in [0.05, 0.1) is 6.20 Å². The maximum atomic E-state index is 14.0. The van der Waals surface area contributed by atoms with Crippen molar-refractivity contribution < 1.29 is 13.6 Å². The lowest BCUT2D eigenvalue weighted by molar-refractivity contribution is -0.116. The lowest BCUT2D eigenvalue weighted by Crippen LogP contribution is -2.18. The van der Waals surface area contributed by atoms with E-state index in [9.17, 15) is 13.6 Å². The Morgan fingerprint density at radius 1 is 1.19 bits per heavy atom. The van der Waals surface area contributed by atoms with Crippen LogP contribution in [-0.4, -0.2) is 25.5 Å². The summed E-state index contributed by atoms with van der Waals surface area (Å²) in [6.45, 7) is 0.0910. The molecule has 0 saturated carbocycles. The normalized spacial score (nSPS) is 11.1. The molecular weight excluding hydrogens is 352 g/mol. The van der Waals surface area contributed by atoms with Gasteiger partial charge in [-0.15, -0.1) is 5.10 Å². The van der Waals surface area contributed by atoms with Crippen LogP contribution < -0.4 is 5.32 Å². The minimum atomic E-state index is -0.883. The summed E-state index contributed by atoms with van der Waals surface area (Å²) in [5, 5.41) is 11.4. The van der Waals surface area contributed by atoms with Gasteiger partial charge < -0.3 is 9.88 Å². The smallest absolute Gasteiger partial charge is 0.245 e. The van der Waals surface area contributed by atoms with Crippen LogP contribution in [0.2, 0.25) is 0 Å². The lowest BCUT2D eigenvalue weighted by atomic mass is 10.0. The lowest BCUT2D eigenvalue weighted by Gasteiger charge is -2.07. The first-order valence-electron chi connectivity index (χ1n) is 8.21. The van der Waals surface area contributed by atoms with Crippen LogP contribution in [0.25, 0.3) is 22.0 Å². The second kappa shape index (κ2) is 6.64. The molecule has 4 aromatic rings. The molecule has 0 aliphatic carbocycles. The molecule has 4 rings (SSSR count). The number of benzene rings is 2. The number of rotatable bonds is 4. The monoisotopic (exact) mass is 367 g/mol. The number of halogens is 2. The molecule has 0 spiro atoms. The van der Waals surface area contributed by atoms with E-state index in [0.29, 0.717) is 11.4 Å². The highest BCUT2D eigenvalue weighted by atomic mass is 19.2. The zero-order valence-electron chi connectivity index (χ0n) is 14.4. The SMILES string of the molecule is Cn1ncc(NC(=O)Cn2ccc3cc(-c4cccc(F)c4F)ccc32)n1. The van der Waals surface area contributed by atoms with Crippen molar-refractivity contribution in [3.8, 4) is 11.1 Å². The summed E-state index contributed by atoms with van der Waals surface area (Å²) in [5.74, 6) is -1.62. The van der Waals surface area contributed by atoms with Gasteiger partial charge in [0.1, 0.15) is 6.54 Å². The van der Waals surface area contributed by atoms with Gasteiger partial charge in [0.15, 0.2) is 17.5 Å². The van der Waals surface area contributed by atoms with Crippen LogP contribution in [0.5, 0.6) is 0 Å². The van der Waals surface area contributed by atoms with Crippen molar-refractivity contribution in [2.24, 2.45) is 7.05 Å². The molecule has 136 valence electrons. The van der Waals surface area contributed by atoms with Crippen LogP contribution in [0.15, 0.2) is 54.9 Å². The van der Waals surface area contributed by atoms with Gasteiger partial charge in [0.2, 0.25) is 5.91 Å². The summed E-state index contributed by atoms with van der Waals surface area (Å²) in [7, 11) is 1.66. The summed E-state index contributed by atoms with van der Waals surface area (Å²) in [5.41, 5.74) is 1.58. The summed E-state index contributed by atoms with van der Waals surface area (Å²) >= 11 is 0. The number of hydrogen-bond acceptors (Lipinski definition) is 3. The molecule has 2 heterocycles. The van der Waals surface area contributed by atoms with Gasteiger partial charge in [-0.05, 0) is 29.8 Å². The topological polar surface area (TPSA) is 64.7 Å². The molecule has 8 heteroatoms. The number of nitrogens with one attached hydrogen (secondary N) is 1. The molecule has 0 aliphatic rings. The van der Waals surface area contributed by atoms with Crippen LogP contribution in [0, 0.1) is 11.6 Å². The number of fused-ring (bicyclic) bond motifs is 1. The number of amides is 1. The third-order valence-electron chi connectivity index (χ3n) is 4.21. The quantitative estimate of drug-likeness (QED) is 0.602. The second-order valence-electron chi connectivity index (χ2n) is 6.09. The van der Waals surface area contributed by atoms with E-state index in [1.807, 2.05) is 6.07 Å². The molecule has 2 aromatic heterocycles. The minimum Gasteiger partial charge on any atom is -0.338 e. The van der Waals surface area contributed by atoms with Crippen LogP contribution in [0.3, 0.4) is 0 Å². The molecule has 1 N–H and O–H groups in total. The third kappa shape index (κ3) is 3.29. The van der Waals surface area contributed by atoms with Gasteiger partial charge in [-0.3, -0.25) is 4.79 Å². The van der Waals surface area contributed by atoms with E-state index in [2.05, 4.69) is 15.5 Å². The maximum absolute atomic E-state index is 14.0. The van der Waals surface area contributed by atoms with Gasteiger partial charge in [0.25, 0.3) is 0 Å². The van der Waals surface area contributed by atoms with E-state index >= 15 is 0 Å². The summed E-state index contributed by atoms with van der Waals surface area (Å²) in [4.78, 5) is 13.6. The van der Waals surface area contributed by atoms with Gasteiger partial charge >= 0.3 is 0 Å². The third-order valence-corrected chi connectivity index (χ3v) is 4.21. The molecule has 27 heavy (non-hydrogen) atoms. The molecule has 0 fully saturated rings. The fraction of sp³-hybridized carbons (Fsp3) is 0.105. The van der Waals surface area contributed by atoms with Crippen molar-refractivity contribution in [3.05, 3.63) is 66.5 Å². The number of anilines is 1. The summed E-state index contributed by atoms with van der Waals surface area (Å²) < 4.78 is 29.3. The minimum absolute atomic E-state index is 0.0910. The number of aryl methyl sites for hydroxylation is 1. The Balaban J connectivity index is 1.59. The molecule has 0 aliphatic heterocycles. The molecule has 6 nitrogen and oxygen atoms in total. The molecule has 0 atom stereocenters. The number of hydrogen-bond donors (Lipinski definition) is 1. The highest BCUT2D eigenvalue weighted by Gasteiger charge is 2.12. The van der Waals surface area contributed by atoms with Crippen molar-refractivity contribution in [1.82, 2.24) is 19.6 Å². The van der Waals surface area contributed by atoms with E-state index in [1.54, 1.807) is 36.0 Å². The molecular formula is C19H15F2N5O. The van der Waals surface area contributed by atoms with Gasteiger partial charge in [-0.25, -0.2) is 8.78 Å². The van der Waals surface area contributed by atoms with E-state index in [1.165, 1.54) is 23.1 Å². The second-order valence-corrected chi connectivity index (χ2v) is 6.09. The van der Waals surface area contributed by atoms with Crippen LogP contribution in [0.4, 0.5) is 14.6 Å². The van der Waals surface area contributed by atoms with Crippen molar-refractivity contribution in [2.75, 3.05) is 5.32 Å². The molecule has 1 amide bonds. The average molecular weight is 367 g/mol. The fourth-order valence-electron chi connectivity index (χ4n) is 2.97. The predicted molar refractivity (Wildman–Crippen MR) is 96.9 cm³/mol. The Bertz CT molecular complexity index is 1150. The highest BCUT2D eigenvalue weighted by molar-refractivity contribution is 5.92. The van der Waals surface area contributed by atoms with Crippen molar-refractivity contribution in [3.63, 3.8) is 0 Å². The summed E-state index contributed by atoms with van der Waals surface area (Å²) in [6.07, 6.45) is 3.23. The Labute approximate surface area is 153 Å². The maximum Gasteiger partial charge on any atom is 0.245 e. The highest BCUT2D eigenvalue weighted by Crippen LogP contribution is 2.28. The first-order valence-corrected chi connectivity index (χ1v) is 8.21. The van der Waals surface area contributed by atoms with Gasteiger partial charge in [-0.1, -0.05) is 18.2 Å². The molecule has 0 bridgehead atoms. The first kappa shape index (κ1) is 16.9. The Morgan fingerprint density at radius 3 is 2.81 bits per heavy atom. The zero-order valence-corrected chi connectivity index (χ0v) is 14.4. The zero-order chi connectivity index (χ0) is 19.0. The Kier molecular flexibility index (Phi) is 4.15. The van der Waals surface area contributed by atoms with Gasteiger partial charge in [0, 0.05) is 29.7 Å². The molecule has 0 radical (unpaired) electrons. The van der Waals surface area contributed by atoms with Crippen LogP contribution in [0.1, 0.15) is 0 Å². The first-order chi connectivity index (χ1) is 13.0. The van der Waals surface area contributed by atoms with Gasteiger partial charge in [-0.2, -0.15) is 9.90 Å². The van der Waals surface area contributed by atoms with E-state index in [-0.39, 0.29) is 18.0 Å². The molecule has 0 saturated heterocycles. The van der Waals surface area contributed by atoms with Crippen LogP contribution in [-0.2, 0) is 18.4 Å².